The first-order valence-electron chi connectivity index (χ1n) is 14.9. The number of aromatic nitrogens is 2. The fraction of sp³-hybridized carbons (Fsp3) is 0.452. The number of ether oxygens (including phenoxy) is 2. The number of anilines is 2. The molecule has 0 aliphatic carbocycles. The molecule has 0 saturated carbocycles. The van der Waals surface area contributed by atoms with Crippen LogP contribution in [0.4, 0.5) is 37.2 Å². The second-order valence-electron chi connectivity index (χ2n) is 12.4. The van der Waals surface area contributed by atoms with Crippen LogP contribution in [0.25, 0.3) is 32.1 Å². The Labute approximate surface area is 262 Å². The van der Waals surface area contributed by atoms with Gasteiger partial charge in [0.2, 0.25) is 0 Å². The van der Waals surface area contributed by atoms with E-state index in [2.05, 4.69) is 9.97 Å². The van der Waals surface area contributed by atoms with Crippen molar-refractivity contribution in [1.82, 2.24) is 14.9 Å². The van der Waals surface area contributed by atoms with Gasteiger partial charge in [-0.15, -0.1) is 11.3 Å². The summed E-state index contributed by atoms with van der Waals surface area (Å²) in [5.74, 6) is -2.05. The molecule has 4 fully saturated rings. The molecular weight excluding hydrogens is 634 g/mol. The van der Waals surface area contributed by atoms with Crippen molar-refractivity contribution in [3.63, 3.8) is 0 Å². The second-order valence-corrected chi connectivity index (χ2v) is 13.5. The molecule has 4 unspecified atom stereocenters. The Hall–Kier alpha value is -3.87. The number of nitrogens with two attached hydrogens (primary N) is 1. The van der Waals surface area contributed by atoms with E-state index in [0.717, 1.165) is 31.0 Å². The lowest BCUT2D eigenvalue weighted by molar-refractivity contribution is -0.137. The molecule has 2 bridgehead atoms. The number of thiophene rings is 1. The van der Waals surface area contributed by atoms with Crippen LogP contribution in [0.1, 0.15) is 36.8 Å². The molecule has 0 spiro atoms. The van der Waals surface area contributed by atoms with Crippen LogP contribution in [-0.2, 0) is 10.9 Å². The highest BCUT2D eigenvalue weighted by atomic mass is 32.1. The van der Waals surface area contributed by atoms with Crippen molar-refractivity contribution in [2.24, 2.45) is 0 Å². The summed E-state index contributed by atoms with van der Waals surface area (Å²) in [5.41, 5.74) is 2.12. The summed E-state index contributed by atoms with van der Waals surface area (Å²) in [7, 11) is 0. The predicted octanol–water partition coefficient (Wildman–Crippen LogP) is 6.20. The molecule has 0 radical (unpaired) electrons. The third-order valence-corrected chi connectivity index (χ3v) is 10.8. The van der Waals surface area contributed by atoms with E-state index in [9.17, 15) is 27.2 Å². The summed E-state index contributed by atoms with van der Waals surface area (Å²) in [4.78, 5) is 12.7. The Morgan fingerprint density at radius 2 is 1.98 bits per heavy atom. The van der Waals surface area contributed by atoms with E-state index in [0.29, 0.717) is 37.5 Å². The standard InChI is InChI=1S/C31H26F6N6O2S/c32-14-8-30(4-1-5-42(30)10-14)13-45-29-40-25-18(28(41-29)43-15-6-16(43)12-44-11-15)7-20(31(35,36)37)23(24(25)34)17-2-3-21(33)26-22(17)19(9-38)27(39)46-26/h2-3,7,14-16H,1,4-6,8,10-13,39H2. The van der Waals surface area contributed by atoms with Gasteiger partial charge in [-0.05, 0) is 43.5 Å². The zero-order valence-electron chi connectivity index (χ0n) is 24.1. The monoisotopic (exact) mass is 660 g/mol. The number of fused-ring (bicyclic) bond motifs is 5. The molecule has 4 aliphatic rings. The van der Waals surface area contributed by atoms with Gasteiger partial charge in [-0.2, -0.15) is 28.4 Å². The Morgan fingerprint density at radius 1 is 1.20 bits per heavy atom. The van der Waals surface area contributed by atoms with Gasteiger partial charge in [0.25, 0.3) is 0 Å². The van der Waals surface area contributed by atoms with Crippen LogP contribution in [0, 0.1) is 23.0 Å². The van der Waals surface area contributed by atoms with Crippen molar-refractivity contribution in [3.05, 3.63) is 41.0 Å². The fourth-order valence-electron chi connectivity index (χ4n) is 7.78. The topological polar surface area (TPSA) is 101 Å². The van der Waals surface area contributed by atoms with Crippen molar-refractivity contribution in [2.75, 3.05) is 43.5 Å². The van der Waals surface area contributed by atoms with E-state index in [1.165, 1.54) is 0 Å². The van der Waals surface area contributed by atoms with Gasteiger partial charge in [0.1, 0.15) is 41.0 Å². The third-order valence-electron chi connectivity index (χ3n) is 9.82. The van der Waals surface area contributed by atoms with Gasteiger partial charge in [-0.3, -0.25) is 4.90 Å². The summed E-state index contributed by atoms with van der Waals surface area (Å²) in [6, 6.07) is 3.96. The fourth-order valence-corrected chi connectivity index (χ4v) is 8.73. The summed E-state index contributed by atoms with van der Waals surface area (Å²) < 4.78 is 102. The molecule has 15 heteroatoms. The maximum absolute atomic E-state index is 16.9. The number of rotatable bonds is 5. The SMILES string of the molecule is N#Cc1c(N)sc2c(F)ccc(-c3c(C(F)(F)F)cc4c(N5C6COCC5C6)nc(OCC56CCCN5CC(F)C6)nc4c3F)c12. The van der Waals surface area contributed by atoms with Crippen molar-refractivity contribution < 1.29 is 35.8 Å². The van der Waals surface area contributed by atoms with Gasteiger partial charge >= 0.3 is 12.2 Å². The van der Waals surface area contributed by atoms with Crippen LogP contribution in [-0.4, -0.2) is 71.6 Å². The normalized spacial score (nSPS) is 26.0. The van der Waals surface area contributed by atoms with Crippen molar-refractivity contribution >= 4 is 43.1 Å². The predicted molar refractivity (Wildman–Crippen MR) is 158 cm³/mol. The van der Waals surface area contributed by atoms with Gasteiger partial charge in [-0.25, -0.2) is 13.2 Å². The summed E-state index contributed by atoms with van der Waals surface area (Å²) in [6.07, 6.45) is -3.53. The summed E-state index contributed by atoms with van der Waals surface area (Å²) in [5, 5.41) is 9.28. The molecule has 0 amide bonds. The first-order chi connectivity index (χ1) is 22.0. The Balaban J connectivity index is 1.35. The molecule has 8 rings (SSSR count). The number of halogens is 6. The molecule has 6 heterocycles. The van der Waals surface area contributed by atoms with E-state index in [1.807, 2.05) is 15.9 Å². The number of benzene rings is 2. The van der Waals surface area contributed by atoms with Gasteiger partial charge in [0.05, 0.1) is 46.7 Å². The van der Waals surface area contributed by atoms with Gasteiger partial charge in [-0.1, -0.05) is 6.07 Å². The number of nitriles is 1. The first-order valence-corrected chi connectivity index (χ1v) is 15.7. The molecule has 2 aromatic heterocycles. The number of morpholine rings is 1. The van der Waals surface area contributed by atoms with Crippen LogP contribution in [0.5, 0.6) is 6.01 Å². The number of alkyl halides is 4. The molecule has 4 aromatic rings. The van der Waals surface area contributed by atoms with Crippen LogP contribution in [0.2, 0.25) is 0 Å². The van der Waals surface area contributed by atoms with Gasteiger partial charge in [0.15, 0.2) is 5.82 Å². The minimum atomic E-state index is -5.06. The largest absolute Gasteiger partial charge is 0.461 e. The average Bonchev–Trinajstić information content (AvgIpc) is 3.66. The van der Waals surface area contributed by atoms with Crippen LogP contribution >= 0.6 is 11.3 Å². The molecule has 2 aromatic carbocycles. The minimum Gasteiger partial charge on any atom is -0.461 e. The van der Waals surface area contributed by atoms with E-state index >= 15 is 4.39 Å². The van der Waals surface area contributed by atoms with Crippen LogP contribution in [0.3, 0.4) is 0 Å². The van der Waals surface area contributed by atoms with Crippen LogP contribution in [0.15, 0.2) is 18.2 Å². The van der Waals surface area contributed by atoms with Crippen molar-refractivity contribution in [2.45, 2.75) is 55.7 Å². The first kappa shape index (κ1) is 29.5. The molecule has 4 aliphatic heterocycles. The van der Waals surface area contributed by atoms with Crippen molar-refractivity contribution in [3.8, 4) is 23.2 Å². The second kappa shape index (κ2) is 10.3. The maximum atomic E-state index is 16.9. The maximum Gasteiger partial charge on any atom is 0.417 e. The highest BCUT2D eigenvalue weighted by Gasteiger charge is 2.50. The van der Waals surface area contributed by atoms with E-state index in [4.69, 9.17) is 15.2 Å². The number of nitrogen functional groups attached to an aromatic ring is 1. The molecule has 8 nitrogen and oxygen atoms in total. The molecule has 240 valence electrons. The Morgan fingerprint density at radius 3 is 2.70 bits per heavy atom. The Bertz CT molecular complexity index is 1950. The average molecular weight is 661 g/mol. The number of hydrogen-bond acceptors (Lipinski definition) is 9. The lowest BCUT2D eigenvalue weighted by atomic mass is 9.89. The number of nitrogens with zero attached hydrogens (tertiary/aromatic N) is 5. The molecule has 2 N–H and O–H groups in total. The van der Waals surface area contributed by atoms with E-state index in [-0.39, 0.29) is 75.1 Å². The zero-order chi connectivity index (χ0) is 32.1. The van der Waals surface area contributed by atoms with Gasteiger partial charge in [0, 0.05) is 29.3 Å². The summed E-state index contributed by atoms with van der Waals surface area (Å²) in [6.45, 7) is 1.68. The highest BCUT2D eigenvalue weighted by molar-refractivity contribution is 7.23. The zero-order valence-corrected chi connectivity index (χ0v) is 25.0. The quantitative estimate of drug-likeness (QED) is 0.253. The molecule has 4 atom stereocenters. The molecular formula is C31H26F6N6O2S. The smallest absolute Gasteiger partial charge is 0.417 e. The van der Waals surface area contributed by atoms with E-state index in [1.54, 1.807) is 0 Å². The molecule has 46 heavy (non-hydrogen) atoms. The lowest BCUT2D eigenvalue weighted by Gasteiger charge is -2.53. The lowest BCUT2D eigenvalue weighted by Crippen LogP contribution is -2.64. The minimum absolute atomic E-state index is 0.0295. The highest BCUT2D eigenvalue weighted by Crippen LogP contribution is 2.49. The number of hydrogen-bond donors (Lipinski definition) is 1. The van der Waals surface area contributed by atoms with E-state index < -0.39 is 46.2 Å². The van der Waals surface area contributed by atoms with Crippen LogP contribution < -0.4 is 15.4 Å². The Kier molecular flexibility index (Phi) is 6.62. The summed E-state index contributed by atoms with van der Waals surface area (Å²) >= 11 is 0.698. The van der Waals surface area contributed by atoms with Gasteiger partial charge < -0.3 is 20.1 Å². The molecule has 4 saturated heterocycles. The van der Waals surface area contributed by atoms with Crippen molar-refractivity contribution in [1.29, 1.82) is 5.26 Å². The third kappa shape index (κ3) is 4.33.